The molecule has 0 saturated carbocycles. The van der Waals surface area contributed by atoms with Crippen LogP contribution in [-0.2, 0) is 25.6 Å². The average Bonchev–Trinajstić information content (AvgIpc) is 2.62. The Morgan fingerprint density at radius 2 is 1.56 bits per heavy atom. The maximum atomic E-state index is 11.8. The van der Waals surface area contributed by atoms with Gasteiger partial charge in [-0.3, -0.25) is 19.2 Å². The van der Waals surface area contributed by atoms with E-state index >= 15 is 0 Å². The summed E-state index contributed by atoms with van der Waals surface area (Å²) in [5, 5.41) is 18.6. The smallest absolute Gasteiger partial charge is 0.317 e. The van der Waals surface area contributed by atoms with Crippen LogP contribution in [0.4, 0.5) is 0 Å². The fraction of sp³-hybridized carbons (Fsp3) is 0.444. The van der Waals surface area contributed by atoms with Crippen LogP contribution in [0.5, 0.6) is 0 Å². The van der Waals surface area contributed by atoms with Crippen LogP contribution in [0.15, 0.2) is 30.3 Å². The first kappa shape index (κ1) is 22.1. The molecule has 9 heteroatoms. The molecular weight excluding hydrogens is 352 g/mol. The number of hydrogen-bond donors (Lipinski definition) is 5. The third kappa shape index (κ3) is 11.3. The van der Waals surface area contributed by atoms with E-state index in [4.69, 9.17) is 5.11 Å². The van der Waals surface area contributed by atoms with Crippen molar-refractivity contribution < 1.29 is 24.3 Å². The van der Waals surface area contributed by atoms with Crippen LogP contribution in [0.2, 0.25) is 0 Å². The zero-order valence-electron chi connectivity index (χ0n) is 15.3. The molecule has 3 amide bonds. The van der Waals surface area contributed by atoms with Crippen LogP contribution < -0.4 is 21.3 Å². The quantitative estimate of drug-likeness (QED) is 0.297. The van der Waals surface area contributed by atoms with Gasteiger partial charge >= 0.3 is 5.97 Å². The molecular formula is C18H26N4O5. The molecule has 1 aromatic carbocycles. The molecule has 0 radical (unpaired) electrons. The van der Waals surface area contributed by atoms with E-state index in [-0.39, 0.29) is 50.5 Å². The van der Waals surface area contributed by atoms with Crippen LogP contribution in [0.3, 0.4) is 0 Å². The number of nitrogens with one attached hydrogen (secondary N) is 4. The number of amides is 3. The number of hydrogen-bond acceptors (Lipinski definition) is 5. The Labute approximate surface area is 157 Å². The van der Waals surface area contributed by atoms with Crippen LogP contribution in [0, 0.1) is 0 Å². The van der Waals surface area contributed by atoms with Crippen molar-refractivity contribution in [3.05, 3.63) is 35.9 Å². The average molecular weight is 378 g/mol. The van der Waals surface area contributed by atoms with E-state index in [9.17, 15) is 19.2 Å². The molecule has 1 rings (SSSR count). The van der Waals surface area contributed by atoms with Gasteiger partial charge in [-0.2, -0.15) is 0 Å². The van der Waals surface area contributed by atoms with Gasteiger partial charge in [-0.25, -0.2) is 0 Å². The van der Waals surface area contributed by atoms with Gasteiger partial charge in [-0.1, -0.05) is 30.3 Å². The molecule has 1 atom stereocenters. The second kappa shape index (κ2) is 12.4. The molecule has 0 fully saturated rings. The lowest BCUT2D eigenvalue weighted by atomic mass is 10.1. The number of aliphatic carboxylic acids is 1. The predicted octanol–water partition coefficient (Wildman–Crippen LogP) is -0.969. The van der Waals surface area contributed by atoms with E-state index < -0.39 is 11.9 Å². The molecule has 0 aliphatic rings. The molecule has 27 heavy (non-hydrogen) atoms. The summed E-state index contributed by atoms with van der Waals surface area (Å²) in [6, 6.07) is 9.67. The Morgan fingerprint density at radius 1 is 0.926 bits per heavy atom. The SMILES string of the molecule is CC(Cc1ccccc1)NC(=O)CNC(=O)CNC(=O)CCNCC(=O)O. The van der Waals surface area contributed by atoms with Crippen molar-refractivity contribution in [1.29, 1.82) is 0 Å². The standard InChI is InChI=1S/C18H26N4O5/c1-13(9-14-5-3-2-4-6-14)22-17(25)11-21-16(24)10-20-15(23)7-8-19-12-18(26)27/h2-6,13,19H,7-12H2,1H3,(H,20,23)(H,21,24)(H,22,25)(H,26,27). The fourth-order valence-electron chi connectivity index (χ4n) is 2.25. The zero-order valence-corrected chi connectivity index (χ0v) is 15.3. The minimum absolute atomic E-state index is 0.0536. The summed E-state index contributed by atoms with van der Waals surface area (Å²) in [7, 11) is 0. The van der Waals surface area contributed by atoms with E-state index in [1.165, 1.54) is 0 Å². The van der Waals surface area contributed by atoms with Crippen molar-refractivity contribution in [1.82, 2.24) is 21.3 Å². The lowest BCUT2D eigenvalue weighted by molar-refractivity contribution is -0.136. The predicted molar refractivity (Wildman–Crippen MR) is 98.9 cm³/mol. The number of carbonyl (C=O) groups is 4. The van der Waals surface area contributed by atoms with E-state index in [0.717, 1.165) is 5.56 Å². The van der Waals surface area contributed by atoms with Gasteiger partial charge in [-0.05, 0) is 18.9 Å². The summed E-state index contributed by atoms with van der Waals surface area (Å²) in [6.07, 6.45) is 0.741. The van der Waals surface area contributed by atoms with Gasteiger partial charge in [-0.15, -0.1) is 0 Å². The molecule has 0 aliphatic heterocycles. The lowest BCUT2D eigenvalue weighted by Gasteiger charge is -2.14. The highest BCUT2D eigenvalue weighted by atomic mass is 16.4. The minimum Gasteiger partial charge on any atom is -0.480 e. The normalized spacial score (nSPS) is 11.3. The monoisotopic (exact) mass is 378 g/mol. The first-order valence-corrected chi connectivity index (χ1v) is 8.66. The van der Waals surface area contributed by atoms with E-state index in [1.807, 2.05) is 37.3 Å². The molecule has 0 saturated heterocycles. The van der Waals surface area contributed by atoms with Gasteiger partial charge in [0.15, 0.2) is 0 Å². The van der Waals surface area contributed by atoms with E-state index in [1.54, 1.807) is 0 Å². The van der Waals surface area contributed by atoms with Crippen LogP contribution >= 0.6 is 0 Å². The zero-order chi connectivity index (χ0) is 20.1. The first-order valence-electron chi connectivity index (χ1n) is 8.66. The molecule has 0 heterocycles. The van der Waals surface area contributed by atoms with Crippen molar-refractivity contribution >= 4 is 23.7 Å². The molecule has 0 spiro atoms. The van der Waals surface area contributed by atoms with Gasteiger partial charge in [0.2, 0.25) is 17.7 Å². The second-order valence-corrected chi connectivity index (χ2v) is 6.03. The number of carboxylic acid groups (broad SMARTS) is 1. The Balaban J connectivity index is 2.13. The number of benzene rings is 1. The summed E-state index contributed by atoms with van der Waals surface area (Å²) < 4.78 is 0. The maximum Gasteiger partial charge on any atom is 0.317 e. The first-order chi connectivity index (χ1) is 12.9. The highest BCUT2D eigenvalue weighted by molar-refractivity contribution is 5.88. The number of carbonyl (C=O) groups excluding carboxylic acids is 3. The summed E-state index contributed by atoms with van der Waals surface area (Å²) in [5.74, 6) is -2.18. The van der Waals surface area contributed by atoms with Gasteiger partial charge in [0.1, 0.15) is 0 Å². The van der Waals surface area contributed by atoms with Crippen molar-refractivity contribution in [2.75, 3.05) is 26.2 Å². The third-order valence-corrected chi connectivity index (χ3v) is 3.49. The van der Waals surface area contributed by atoms with Crippen LogP contribution in [0.25, 0.3) is 0 Å². The van der Waals surface area contributed by atoms with Crippen molar-refractivity contribution in [3.63, 3.8) is 0 Å². The van der Waals surface area contributed by atoms with E-state index in [2.05, 4.69) is 21.3 Å². The number of carboxylic acids is 1. The van der Waals surface area contributed by atoms with Gasteiger partial charge < -0.3 is 26.4 Å². The Kier molecular flexibility index (Phi) is 10.2. The molecule has 1 aromatic rings. The summed E-state index contributed by atoms with van der Waals surface area (Å²) in [5.41, 5.74) is 1.11. The van der Waals surface area contributed by atoms with Gasteiger partial charge in [0.05, 0.1) is 19.6 Å². The van der Waals surface area contributed by atoms with E-state index in [0.29, 0.717) is 6.42 Å². The van der Waals surface area contributed by atoms with Gasteiger partial charge in [0.25, 0.3) is 0 Å². The topological polar surface area (TPSA) is 137 Å². The lowest BCUT2D eigenvalue weighted by Crippen LogP contribution is -2.44. The van der Waals surface area contributed by atoms with Gasteiger partial charge in [0, 0.05) is 19.0 Å². The molecule has 9 nitrogen and oxygen atoms in total. The Hall–Kier alpha value is -2.94. The molecule has 0 aliphatic carbocycles. The largest absolute Gasteiger partial charge is 0.480 e. The maximum absolute atomic E-state index is 11.8. The third-order valence-electron chi connectivity index (χ3n) is 3.49. The van der Waals surface area contributed by atoms with Crippen molar-refractivity contribution in [2.24, 2.45) is 0 Å². The Bertz CT molecular complexity index is 636. The van der Waals surface area contributed by atoms with Crippen molar-refractivity contribution in [3.8, 4) is 0 Å². The molecule has 1 unspecified atom stereocenters. The summed E-state index contributed by atoms with van der Waals surface area (Å²) >= 11 is 0. The minimum atomic E-state index is -1.01. The summed E-state index contributed by atoms with van der Waals surface area (Å²) in [4.78, 5) is 45.3. The highest BCUT2D eigenvalue weighted by Gasteiger charge is 2.10. The van der Waals surface area contributed by atoms with Crippen LogP contribution in [-0.4, -0.2) is 61.0 Å². The molecule has 0 aromatic heterocycles. The summed E-state index contributed by atoms with van der Waals surface area (Å²) in [6.45, 7) is 1.43. The molecule has 0 bridgehead atoms. The highest BCUT2D eigenvalue weighted by Crippen LogP contribution is 2.02. The van der Waals surface area contributed by atoms with Crippen LogP contribution in [0.1, 0.15) is 18.9 Å². The number of rotatable bonds is 12. The van der Waals surface area contributed by atoms with Crippen molar-refractivity contribution in [2.45, 2.75) is 25.8 Å². The fourth-order valence-corrected chi connectivity index (χ4v) is 2.25. The molecule has 5 N–H and O–H groups in total. The molecule has 148 valence electrons. The Morgan fingerprint density at radius 3 is 2.22 bits per heavy atom. The second-order valence-electron chi connectivity index (χ2n) is 6.03.